The molecule has 0 aliphatic heterocycles. The van der Waals surface area contributed by atoms with E-state index in [-0.39, 0.29) is 0 Å². The number of benzene rings is 1. The molecule has 5 rings (SSSR count). The van der Waals surface area contributed by atoms with Gasteiger partial charge in [0.1, 0.15) is 11.8 Å². The van der Waals surface area contributed by atoms with Crippen LogP contribution in [0.3, 0.4) is 0 Å². The standard InChI is InChI=1S/C14H10N8/c1-20-11-10(7-16-20)13-17-15-8-21(13)22-12(18-19-14(11)22)9-5-3-2-4-6-9/h2-8H,1H3. The van der Waals surface area contributed by atoms with Gasteiger partial charge in [-0.2, -0.15) is 5.10 Å². The van der Waals surface area contributed by atoms with Crippen LogP contribution in [-0.4, -0.2) is 39.2 Å². The fourth-order valence-electron chi connectivity index (χ4n) is 2.82. The van der Waals surface area contributed by atoms with Crippen molar-refractivity contribution < 1.29 is 0 Å². The van der Waals surface area contributed by atoms with E-state index in [9.17, 15) is 0 Å². The summed E-state index contributed by atoms with van der Waals surface area (Å²) in [5.41, 5.74) is 3.32. The summed E-state index contributed by atoms with van der Waals surface area (Å²) < 4.78 is 5.54. The third kappa shape index (κ3) is 1.28. The summed E-state index contributed by atoms with van der Waals surface area (Å²) >= 11 is 0. The van der Waals surface area contributed by atoms with Crippen molar-refractivity contribution in [1.82, 2.24) is 39.2 Å². The fourth-order valence-corrected chi connectivity index (χ4v) is 2.82. The Morgan fingerprint density at radius 2 is 1.82 bits per heavy atom. The van der Waals surface area contributed by atoms with E-state index < -0.39 is 0 Å². The van der Waals surface area contributed by atoms with Gasteiger partial charge in [-0.3, -0.25) is 4.68 Å². The van der Waals surface area contributed by atoms with Crippen LogP contribution < -0.4 is 0 Å². The number of rotatable bonds is 1. The molecule has 0 saturated heterocycles. The number of hydrogen-bond acceptors (Lipinski definition) is 5. The maximum Gasteiger partial charge on any atom is 0.202 e. The van der Waals surface area contributed by atoms with Crippen molar-refractivity contribution in [2.24, 2.45) is 7.05 Å². The number of aromatic nitrogens is 8. The molecule has 4 heterocycles. The molecule has 0 unspecified atom stereocenters. The van der Waals surface area contributed by atoms with Crippen LogP contribution in [0.4, 0.5) is 0 Å². The molecular formula is C14H10N8. The molecule has 0 aliphatic carbocycles. The van der Waals surface area contributed by atoms with Crippen LogP contribution >= 0.6 is 0 Å². The Balaban J connectivity index is 2.06. The van der Waals surface area contributed by atoms with E-state index in [1.165, 1.54) is 0 Å². The summed E-state index contributed by atoms with van der Waals surface area (Å²) in [4.78, 5) is 0. The Bertz CT molecular complexity index is 1130. The van der Waals surface area contributed by atoms with Gasteiger partial charge in [0.2, 0.25) is 5.65 Å². The zero-order valence-corrected chi connectivity index (χ0v) is 11.6. The van der Waals surface area contributed by atoms with Crippen LogP contribution in [0.25, 0.3) is 33.6 Å². The Labute approximate surface area is 123 Å². The largest absolute Gasteiger partial charge is 0.264 e. The average Bonchev–Trinajstić information content (AvgIpc) is 3.24. The lowest BCUT2D eigenvalue weighted by Gasteiger charge is -2.04. The van der Waals surface area contributed by atoms with Gasteiger partial charge in [-0.05, 0) is 0 Å². The van der Waals surface area contributed by atoms with Crippen LogP contribution in [0.2, 0.25) is 0 Å². The van der Waals surface area contributed by atoms with Crippen molar-refractivity contribution in [3.8, 4) is 11.4 Å². The molecule has 1 aromatic carbocycles. The minimum atomic E-state index is 0.723. The van der Waals surface area contributed by atoms with E-state index in [0.717, 1.165) is 33.6 Å². The summed E-state index contributed by atoms with van der Waals surface area (Å²) in [5.74, 6) is 0.739. The Kier molecular flexibility index (Phi) is 2.01. The molecule has 22 heavy (non-hydrogen) atoms. The SMILES string of the molecule is Cn1ncc2c1c1nnc(-c3ccccc3)n1n1cnnc21. The van der Waals surface area contributed by atoms with E-state index >= 15 is 0 Å². The third-order valence-electron chi connectivity index (χ3n) is 3.81. The van der Waals surface area contributed by atoms with Crippen LogP contribution in [0.5, 0.6) is 0 Å². The van der Waals surface area contributed by atoms with Crippen LogP contribution in [0.15, 0.2) is 42.9 Å². The van der Waals surface area contributed by atoms with Gasteiger partial charge in [-0.25, -0.2) is 9.03 Å². The van der Waals surface area contributed by atoms with Crippen LogP contribution in [-0.2, 0) is 7.05 Å². The molecule has 5 aromatic rings. The highest BCUT2D eigenvalue weighted by Crippen LogP contribution is 2.25. The van der Waals surface area contributed by atoms with E-state index in [2.05, 4.69) is 25.5 Å². The summed E-state index contributed by atoms with van der Waals surface area (Å²) in [6.07, 6.45) is 3.43. The van der Waals surface area contributed by atoms with Gasteiger partial charge in [0.15, 0.2) is 11.5 Å². The molecule has 0 N–H and O–H groups in total. The van der Waals surface area contributed by atoms with Gasteiger partial charge in [0, 0.05) is 12.6 Å². The number of aryl methyl sites for hydroxylation is 1. The first-order chi connectivity index (χ1) is 10.8. The number of fused-ring (bicyclic) bond motifs is 6. The maximum absolute atomic E-state index is 4.36. The molecule has 0 bridgehead atoms. The second-order valence-corrected chi connectivity index (χ2v) is 5.05. The zero-order chi connectivity index (χ0) is 14.7. The fraction of sp³-hybridized carbons (Fsp3) is 0.0714. The first-order valence-electron chi connectivity index (χ1n) is 6.79. The van der Waals surface area contributed by atoms with Crippen molar-refractivity contribution in [1.29, 1.82) is 0 Å². The van der Waals surface area contributed by atoms with Gasteiger partial charge in [-0.15, -0.1) is 20.4 Å². The van der Waals surface area contributed by atoms with Crippen molar-refractivity contribution in [2.75, 3.05) is 0 Å². The molecule has 8 nitrogen and oxygen atoms in total. The molecule has 0 aliphatic rings. The minimum absolute atomic E-state index is 0.723. The topological polar surface area (TPSA) is 78.2 Å². The normalized spacial score (nSPS) is 11.9. The van der Waals surface area contributed by atoms with Gasteiger partial charge in [0.25, 0.3) is 0 Å². The number of nitrogens with zero attached hydrogens (tertiary/aromatic N) is 8. The minimum Gasteiger partial charge on any atom is -0.264 e. The second-order valence-electron chi connectivity index (χ2n) is 5.05. The lowest BCUT2D eigenvalue weighted by molar-refractivity contribution is 0.791. The average molecular weight is 290 g/mol. The summed E-state index contributed by atoms with van der Waals surface area (Å²) in [6, 6.07) is 9.92. The highest BCUT2D eigenvalue weighted by atomic mass is 15.5. The quantitative estimate of drug-likeness (QED) is 0.465. The molecule has 0 fully saturated rings. The molecule has 0 amide bonds. The molecule has 0 atom stereocenters. The van der Waals surface area contributed by atoms with Crippen molar-refractivity contribution in [3.05, 3.63) is 42.9 Å². The summed E-state index contributed by atoms with van der Waals surface area (Å²) in [6.45, 7) is 0. The van der Waals surface area contributed by atoms with Gasteiger partial charge in [0.05, 0.1) is 11.6 Å². The smallest absolute Gasteiger partial charge is 0.202 e. The molecular weight excluding hydrogens is 280 g/mol. The first-order valence-corrected chi connectivity index (χ1v) is 6.79. The van der Waals surface area contributed by atoms with Gasteiger partial charge in [-0.1, -0.05) is 30.3 Å². The predicted molar refractivity (Wildman–Crippen MR) is 79.2 cm³/mol. The Morgan fingerprint density at radius 3 is 2.68 bits per heavy atom. The molecule has 4 aromatic heterocycles. The molecule has 0 saturated carbocycles. The lowest BCUT2D eigenvalue weighted by Crippen LogP contribution is -2.03. The Morgan fingerprint density at radius 1 is 0.955 bits per heavy atom. The number of hydrogen-bond donors (Lipinski definition) is 0. The highest BCUT2D eigenvalue weighted by molar-refractivity contribution is 5.99. The van der Waals surface area contributed by atoms with Crippen LogP contribution in [0, 0.1) is 0 Å². The zero-order valence-electron chi connectivity index (χ0n) is 11.6. The van der Waals surface area contributed by atoms with Gasteiger partial charge < -0.3 is 0 Å². The molecule has 106 valence electrons. The predicted octanol–water partition coefficient (Wildman–Crippen LogP) is 1.33. The van der Waals surface area contributed by atoms with E-state index in [1.807, 2.05) is 46.4 Å². The van der Waals surface area contributed by atoms with Crippen molar-refractivity contribution in [2.45, 2.75) is 0 Å². The van der Waals surface area contributed by atoms with Crippen LogP contribution in [0.1, 0.15) is 0 Å². The lowest BCUT2D eigenvalue weighted by atomic mass is 10.2. The highest BCUT2D eigenvalue weighted by Gasteiger charge is 2.19. The second kappa shape index (κ2) is 3.88. The molecule has 0 radical (unpaired) electrons. The van der Waals surface area contributed by atoms with E-state index in [0.29, 0.717) is 0 Å². The van der Waals surface area contributed by atoms with Gasteiger partial charge >= 0.3 is 0 Å². The monoisotopic (exact) mass is 290 g/mol. The summed E-state index contributed by atoms with van der Waals surface area (Å²) in [5, 5.41) is 22.2. The van der Waals surface area contributed by atoms with E-state index in [4.69, 9.17) is 0 Å². The van der Waals surface area contributed by atoms with Crippen molar-refractivity contribution in [3.63, 3.8) is 0 Å². The van der Waals surface area contributed by atoms with E-state index in [1.54, 1.807) is 17.2 Å². The van der Waals surface area contributed by atoms with Crippen molar-refractivity contribution >= 4 is 22.2 Å². The molecule has 0 spiro atoms. The third-order valence-corrected chi connectivity index (χ3v) is 3.81. The Hall–Kier alpha value is -3.29. The first kappa shape index (κ1) is 11.4. The molecule has 8 heteroatoms. The maximum atomic E-state index is 4.36. The summed E-state index contributed by atoms with van der Waals surface area (Å²) in [7, 11) is 1.88.